The number of carbonyl (C=O) groups is 1. The van der Waals surface area contributed by atoms with Gasteiger partial charge in [0.2, 0.25) is 5.88 Å². The van der Waals surface area contributed by atoms with Crippen molar-refractivity contribution in [3.05, 3.63) is 29.7 Å². The van der Waals surface area contributed by atoms with E-state index in [1.807, 2.05) is 0 Å². The van der Waals surface area contributed by atoms with Crippen LogP contribution in [0.25, 0.3) is 22.2 Å². The quantitative estimate of drug-likeness (QED) is 0.197. The molecule has 0 unspecified atom stereocenters. The number of hydrogen-bond donors (Lipinski definition) is 0. The zero-order chi connectivity index (χ0) is 26.3. The highest BCUT2D eigenvalue weighted by molar-refractivity contribution is 7.98. The molecule has 36 heavy (non-hydrogen) atoms. The topological polar surface area (TPSA) is 79.1 Å². The average Bonchev–Trinajstić information content (AvgIpc) is 3.19. The zero-order valence-corrected chi connectivity index (χ0v) is 21.8. The van der Waals surface area contributed by atoms with Crippen molar-refractivity contribution in [2.24, 2.45) is 5.92 Å². The maximum absolute atomic E-state index is 13.0. The van der Waals surface area contributed by atoms with Gasteiger partial charge >= 0.3 is 12.3 Å². The van der Waals surface area contributed by atoms with Gasteiger partial charge in [0.05, 0.1) is 17.1 Å². The molecule has 0 amide bonds. The summed E-state index contributed by atoms with van der Waals surface area (Å²) in [4.78, 5) is 26.0. The fourth-order valence-electron chi connectivity index (χ4n) is 4.17. The largest absolute Gasteiger partial charge is 0.474 e. The lowest BCUT2D eigenvalue weighted by molar-refractivity contribution is -0.185. The van der Waals surface area contributed by atoms with Crippen molar-refractivity contribution >= 4 is 40.4 Å². The van der Waals surface area contributed by atoms with Crippen LogP contribution in [0.1, 0.15) is 46.5 Å². The second-order valence-corrected chi connectivity index (χ2v) is 10.7. The summed E-state index contributed by atoms with van der Waals surface area (Å²) in [7, 11) is 0. The second-order valence-electron chi connectivity index (χ2n) is 9.60. The molecular formula is C24H26ClF3N4O3S. The summed E-state index contributed by atoms with van der Waals surface area (Å²) in [6, 6.07) is 3.26. The molecule has 3 aromatic heterocycles. The maximum Gasteiger partial charge on any atom is 0.419 e. The van der Waals surface area contributed by atoms with Crippen LogP contribution < -0.4 is 4.74 Å². The Kier molecular flexibility index (Phi) is 7.43. The minimum Gasteiger partial charge on any atom is -0.474 e. The SMILES string of the molecule is CSc1nc(OC2CCC(C(F)(F)F)CC2)cc(-c2cn(C(=O)OC(C)(C)C)c3ccnc(Cl)c23)n1. The van der Waals surface area contributed by atoms with Gasteiger partial charge in [0, 0.05) is 29.4 Å². The lowest BCUT2D eigenvalue weighted by Gasteiger charge is -2.29. The van der Waals surface area contributed by atoms with Crippen molar-refractivity contribution in [2.75, 3.05) is 6.26 Å². The fraction of sp³-hybridized carbons (Fsp3) is 0.500. The molecule has 0 bridgehead atoms. The number of thioether (sulfide) groups is 1. The number of rotatable bonds is 4. The summed E-state index contributed by atoms with van der Waals surface area (Å²) in [5.74, 6) is -1.05. The fourth-order valence-corrected chi connectivity index (χ4v) is 4.79. The molecule has 0 N–H and O–H groups in total. The molecule has 0 atom stereocenters. The minimum atomic E-state index is -4.19. The number of nitrogens with zero attached hydrogens (tertiary/aromatic N) is 4. The molecule has 1 saturated carbocycles. The second kappa shape index (κ2) is 10.1. The molecule has 0 aliphatic heterocycles. The van der Waals surface area contributed by atoms with E-state index in [1.54, 1.807) is 45.4 Å². The number of aromatic nitrogens is 4. The Balaban J connectivity index is 1.69. The van der Waals surface area contributed by atoms with Crippen molar-refractivity contribution in [1.29, 1.82) is 0 Å². The van der Waals surface area contributed by atoms with E-state index < -0.39 is 23.8 Å². The van der Waals surface area contributed by atoms with Gasteiger partial charge in [-0.25, -0.2) is 14.8 Å². The van der Waals surface area contributed by atoms with Crippen LogP contribution in [-0.2, 0) is 4.74 Å². The van der Waals surface area contributed by atoms with E-state index in [-0.39, 0.29) is 42.8 Å². The van der Waals surface area contributed by atoms with Crippen molar-refractivity contribution in [3.8, 4) is 17.1 Å². The first-order valence-electron chi connectivity index (χ1n) is 11.4. The molecule has 4 rings (SSSR count). The van der Waals surface area contributed by atoms with Crippen LogP contribution in [0.15, 0.2) is 29.7 Å². The highest BCUT2D eigenvalue weighted by atomic mass is 35.5. The summed E-state index contributed by atoms with van der Waals surface area (Å²) in [5, 5.41) is 1.10. The van der Waals surface area contributed by atoms with Crippen LogP contribution in [-0.4, -0.2) is 49.7 Å². The van der Waals surface area contributed by atoms with E-state index in [0.717, 1.165) is 0 Å². The Morgan fingerprint density at radius 3 is 2.47 bits per heavy atom. The van der Waals surface area contributed by atoms with Gasteiger partial charge in [-0.1, -0.05) is 23.4 Å². The molecule has 194 valence electrons. The highest BCUT2D eigenvalue weighted by Gasteiger charge is 2.41. The van der Waals surface area contributed by atoms with Gasteiger partial charge in [0.15, 0.2) is 5.16 Å². The molecule has 0 spiro atoms. The Hall–Kier alpha value is -2.53. The van der Waals surface area contributed by atoms with E-state index in [1.165, 1.54) is 22.5 Å². The van der Waals surface area contributed by atoms with Crippen LogP contribution in [0.3, 0.4) is 0 Å². The lowest BCUT2D eigenvalue weighted by atomic mass is 9.87. The summed E-state index contributed by atoms with van der Waals surface area (Å²) >= 11 is 7.72. The molecule has 3 aromatic rings. The van der Waals surface area contributed by atoms with Crippen molar-refractivity contribution in [1.82, 2.24) is 19.5 Å². The van der Waals surface area contributed by atoms with E-state index in [2.05, 4.69) is 15.0 Å². The Bertz CT molecular complexity index is 1270. The Labute approximate surface area is 215 Å². The van der Waals surface area contributed by atoms with E-state index in [4.69, 9.17) is 21.1 Å². The summed E-state index contributed by atoms with van der Waals surface area (Å²) in [6.07, 6.45) is 0.332. The summed E-state index contributed by atoms with van der Waals surface area (Å²) in [6.45, 7) is 5.31. The van der Waals surface area contributed by atoms with Crippen LogP contribution in [0, 0.1) is 5.92 Å². The smallest absolute Gasteiger partial charge is 0.419 e. The zero-order valence-electron chi connectivity index (χ0n) is 20.2. The molecule has 0 radical (unpaired) electrons. The van der Waals surface area contributed by atoms with Gasteiger partial charge in [0.1, 0.15) is 16.9 Å². The van der Waals surface area contributed by atoms with Crippen molar-refractivity contribution in [3.63, 3.8) is 0 Å². The first-order chi connectivity index (χ1) is 16.9. The monoisotopic (exact) mass is 542 g/mol. The Morgan fingerprint density at radius 1 is 1.17 bits per heavy atom. The molecule has 0 saturated heterocycles. The van der Waals surface area contributed by atoms with E-state index >= 15 is 0 Å². The Morgan fingerprint density at radius 2 is 1.86 bits per heavy atom. The van der Waals surface area contributed by atoms with Gasteiger partial charge in [-0.15, -0.1) is 0 Å². The average molecular weight is 543 g/mol. The molecule has 7 nitrogen and oxygen atoms in total. The standard InChI is InChI=1S/C24H26ClF3N4O3S/c1-23(2,3)35-22(33)32-12-15(19-17(32)9-10-29-20(19)25)16-11-18(31-21(30-16)36-4)34-14-7-5-13(6-8-14)24(26,27)28/h9-14H,5-8H2,1-4H3. The van der Waals surface area contributed by atoms with Gasteiger partial charge in [0.25, 0.3) is 0 Å². The minimum absolute atomic E-state index is 0.0200. The van der Waals surface area contributed by atoms with Gasteiger partial charge in [-0.3, -0.25) is 4.57 Å². The number of alkyl halides is 3. The molecule has 12 heteroatoms. The predicted molar refractivity (Wildman–Crippen MR) is 132 cm³/mol. The van der Waals surface area contributed by atoms with Gasteiger partial charge in [-0.05, 0) is 58.8 Å². The molecule has 1 aliphatic rings. The number of pyridine rings is 1. The van der Waals surface area contributed by atoms with Gasteiger partial charge in [-0.2, -0.15) is 18.2 Å². The number of ether oxygens (including phenoxy) is 2. The van der Waals surface area contributed by atoms with Crippen LogP contribution >= 0.6 is 23.4 Å². The molecule has 1 aliphatic carbocycles. The van der Waals surface area contributed by atoms with Crippen molar-refractivity contribution < 1.29 is 27.4 Å². The number of halogens is 4. The van der Waals surface area contributed by atoms with E-state index in [0.29, 0.717) is 27.3 Å². The first kappa shape index (κ1) is 26.5. The van der Waals surface area contributed by atoms with Crippen LogP contribution in [0.5, 0.6) is 5.88 Å². The van der Waals surface area contributed by atoms with Crippen LogP contribution in [0.4, 0.5) is 18.0 Å². The number of hydrogen-bond acceptors (Lipinski definition) is 7. The number of carbonyl (C=O) groups excluding carboxylic acids is 1. The maximum atomic E-state index is 13.0. The highest BCUT2D eigenvalue weighted by Crippen LogP contribution is 2.39. The third-order valence-corrected chi connectivity index (χ3v) is 6.66. The first-order valence-corrected chi connectivity index (χ1v) is 13.0. The van der Waals surface area contributed by atoms with E-state index in [9.17, 15) is 18.0 Å². The normalized spacial score (nSPS) is 18.9. The predicted octanol–water partition coefficient (Wildman–Crippen LogP) is 7.15. The lowest BCUT2D eigenvalue weighted by Crippen LogP contribution is -2.32. The van der Waals surface area contributed by atoms with Crippen molar-refractivity contribution in [2.45, 2.75) is 69.5 Å². The molecular weight excluding hydrogens is 517 g/mol. The summed E-state index contributed by atoms with van der Waals surface area (Å²) in [5.41, 5.74) is 0.752. The summed E-state index contributed by atoms with van der Waals surface area (Å²) < 4.78 is 52.0. The third-order valence-electron chi connectivity index (χ3n) is 5.83. The molecule has 0 aromatic carbocycles. The number of fused-ring (bicyclic) bond motifs is 1. The third kappa shape index (κ3) is 5.88. The molecule has 1 fully saturated rings. The molecule has 3 heterocycles. The van der Waals surface area contributed by atoms with Gasteiger partial charge < -0.3 is 9.47 Å². The van der Waals surface area contributed by atoms with Crippen LogP contribution in [0.2, 0.25) is 5.15 Å².